The van der Waals surface area contributed by atoms with E-state index in [1.807, 2.05) is 36.4 Å². The molecule has 3 rings (SSSR count). The van der Waals surface area contributed by atoms with Crippen molar-refractivity contribution in [3.05, 3.63) is 75.7 Å². The normalized spacial score (nSPS) is 10.2. The predicted octanol–water partition coefficient (Wildman–Crippen LogP) is 4.32. The number of nitrogens with two attached hydrogens (primary N) is 1. The van der Waals surface area contributed by atoms with Crippen LogP contribution in [0.1, 0.15) is 43.6 Å². The highest BCUT2D eigenvalue weighted by molar-refractivity contribution is 7.18. The molecule has 2 aromatic carbocycles. The van der Waals surface area contributed by atoms with Crippen molar-refractivity contribution in [1.82, 2.24) is 0 Å². The summed E-state index contributed by atoms with van der Waals surface area (Å²) in [5.41, 5.74) is 7.38. The molecule has 0 bridgehead atoms. The second-order valence-electron chi connectivity index (χ2n) is 6.70. The number of thiophene rings is 1. The Hall–Kier alpha value is -4.03. The lowest BCUT2D eigenvalue weighted by Gasteiger charge is -2.12. The van der Waals surface area contributed by atoms with Crippen LogP contribution in [-0.2, 0) is 22.7 Å². The third-order valence-electron chi connectivity index (χ3n) is 4.59. The second kappa shape index (κ2) is 11.0. The first-order valence-electron chi connectivity index (χ1n) is 9.98. The zero-order valence-electron chi connectivity index (χ0n) is 18.1. The molecule has 0 atom stereocenters. The van der Waals surface area contributed by atoms with E-state index in [2.05, 4.69) is 0 Å². The molecule has 0 amide bonds. The Bertz CT molecular complexity index is 1180. The zero-order valence-corrected chi connectivity index (χ0v) is 18.9. The summed E-state index contributed by atoms with van der Waals surface area (Å²) in [5.74, 6) is -0.445. The second-order valence-corrected chi connectivity index (χ2v) is 7.75. The van der Waals surface area contributed by atoms with Crippen molar-refractivity contribution in [2.75, 3.05) is 19.5 Å². The fourth-order valence-corrected chi connectivity index (χ4v) is 3.89. The topological polar surface area (TPSA) is 121 Å². The monoisotopic (exact) mass is 466 g/mol. The molecule has 9 heteroatoms. The van der Waals surface area contributed by atoms with Gasteiger partial charge in [0, 0.05) is 5.56 Å². The highest BCUT2D eigenvalue weighted by Gasteiger charge is 2.24. The molecule has 1 aromatic heterocycles. The summed E-state index contributed by atoms with van der Waals surface area (Å²) >= 11 is 0.926. The number of nitriles is 1. The molecular weight excluding hydrogens is 444 g/mol. The molecule has 33 heavy (non-hydrogen) atoms. The Morgan fingerprint density at radius 3 is 2.45 bits per heavy atom. The van der Waals surface area contributed by atoms with E-state index < -0.39 is 11.9 Å². The van der Waals surface area contributed by atoms with Crippen molar-refractivity contribution in [2.24, 2.45) is 0 Å². The van der Waals surface area contributed by atoms with Gasteiger partial charge >= 0.3 is 11.9 Å². The average Bonchev–Trinajstić information content (AvgIpc) is 3.17. The van der Waals surface area contributed by atoms with Gasteiger partial charge in [-0.2, -0.15) is 5.26 Å². The van der Waals surface area contributed by atoms with Crippen molar-refractivity contribution in [3.63, 3.8) is 0 Å². The number of carbonyl (C=O) groups is 2. The number of esters is 2. The highest BCUT2D eigenvalue weighted by atomic mass is 32.1. The molecule has 0 saturated heterocycles. The van der Waals surface area contributed by atoms with Crippen LogP contribution in [0.2, 0.25) is 0 Å². The minimum absolute atomic E-state index is 0.0955. The van der Waals surface area contributed by atoms with Crippen LogP contribution >= 0.6 is 11.3 Å². The van der Waals surface area contributed by atoms with E-state index in [9.17, 15) is 14.9 Å². The number of anilines is 1. The van der Waals surface area contributed by atoms with E-state index in [1.165, 1.54) is 13.2 Å². The Balaban J connectivity index is 1.73. The number of methoxy groups -OCH3 is 1. The molecular formula is C24H22N2O6S. The number of hydrogen-bond acceptors (Lipinski definition) is 9. The highest BCUT2D eigenvalue weighted by Crippen LogP contribution is 2.33. The molecule has 0 aliphatic carbocycles. The summed E-state index contributed by atoms with van der Waals surface area (Å²) in [4.78, 5) is 25.0. The third-order valence-corrected chi connectivity index (χ3v) is 5.63. The molecule has 8 nitrogen and oxygen atoms in total. The zero-order chi connectivity index (χ0) is 23.8. The summed E-state index contributed by atoms with van der Waals surface area (Å²) in [6, 6.07) is 16.2. The summed E-state index contributed by atoms with van der Waals surface area (Å²) in [6.07, 6.45) is 0. The van der Waals surface area contributed by atoms with Gasteiger partial charge in [0.25, 0.3) is 0 Å². The van der Waals surface area contributed by atoms with Gasteiger partial charge in [0.1, 0.15) is 29.2 Å². The van der Waals surface area contributed by atoms with Crippen LogP contribution in [-0.4, -0.2) is 25.7 Å². The van der Waals surface area contributed by atoms with E-state index in [-0.39, 0.29) is 39.8 Å². The SMILES string of the molecule is CCOC(=O)c1sc(N)c(C#N)c1COC(=O)c1ccc(OCc2ccccc2)c(OC)c1. The van der Waals surface area contributed by atoms with Gasteiger partial charge in [-0.1, -0.05) is 30.3 Å². The lowest BCUT2D eigenvalue weighted by molar-refractivity contribution is 0.0452. The van der Waals surface area contributed by atoms with Gasteiger partial charge in [0.05, 0.1) is 24.8 Å². The molecule has 0 fully saturated rings. The Labute approximate surface area is 195 Å². The van der Waals surface area contributed by atoms with Gasteiger partial charge in [-0.3, -0.25) is 0 Å². The molecule has 0 spiro atoms. The maximum atomic E-state index is 12.6. The van der Waals surface area contributed by atoms with Gasteiger partial charge < -0.3 is 24.7 Å². The Kier molecular flexibility index (Phi) is 7.89. The maximum Gasteiger partial charge on any atom is 0.348 e. The van der Waals surface area contributed by atoms with E-state index in [0.29, 0.717) is 18.1 Å². The lowest BCUT2D eigenvalue weighted by Crippen LogP contribution is -2.10. The lowest BCUT2D eigenvalue weighted by atomic mass is 10.1. The van der Waals surface area contributed by atoms with E-state index >= 15 is 0 Å². The van der Waals surface area contributed by atoms with E-state index in [4.69, 9.17) is 24.7 Å². The van der Waals surface area contributed by atoms with Crippen LogP contribution in [0.4, 0.5) is 5.00 Å². The fraction of sp³-hybridized carbons (Fsp3) is 0.208. The molecule has 1 heterocycles. The minimum atomic E-state index is -0.661. The smallest absolute Gasteiger partial charge is 0.348 e. The molecule has 0 aliphatic rings. The first kappa shape index (κ1) is 23.6. The maximum absolute atomic E-state index is 12.6. The number of hydrogen-bond donors (Lipinski definition) is 1. The first-order valence-corrected chi connectivity index (χ1v) is 10.8. The average molecular weight is 467 g/mol. The van der Waals surface area contributed by atoms with Crippen molar-refractivity contribution in [2.45, 2.75) is 20.1 Å². The first-order chi connectivity index (χ1) is 16.0. The fourth-order valence-electron chi connectivity index (χ4n) is 2.98. The van der Waals surface area contributed by atoms with Crippen molar-refractivity contribution in [1.29, 1.82) is 5.26 Å². The van der Waals surface area contributed by atoms with Crippen LogP contribution in [0.25, 0.3) is 0 Å². The van der Waals surface area contributed by atoms with Gasteiger partial charge in [0.2, 0.25) is 0 Å². The summed E-state index contributed by atoms with van der Waals surface area (Å²) in [5, 5.41) is 9.55. The van der Waals surface area contributed by atoms with Crippen molar-refractivity contribution >= 4 is 28.3 Å². The largest absolute Gasteiger partial charge is 0.493 e. The quantitative estimate of drug-likeness (QED) is 0.463. The number of benzene rings is 2. The molecule has 0 radical (unpaired) electrons. The van der Waals surface area contributed by atoms with Gasteiger partial charge in [-0.25, -0.2) is 9.59 Å². The number of nitrogens with zero attached hydrogens (tertiary/aromatic N) is 1. The number of carbonyl (C=O) groups excluding carboxylic acids is 2. The van der Waals surface area contributed by atoms with Crippen LogP contribution in [0.5, 0.6) is 11.5 Å². The Morgan fingerprint density at radius 2 is 1.79 bits per heavy atom. The molecule has 0 unspecified atom stereocenters. The molecule has 170 valence electrons. The van der Waals surface area contributed by atoms with Crippen molar-refractivity contribution in [3.8, 4) is 17.6 Å². The van der Waals surface area contributed by atoms with Crippen LogP contribution in [0.15, 0.2) is 48.5 Å². The van der Waals surface area contributed by atoms with Gasteiger partial charge in [-0.05, 0) is 30.7 Å². The summed E-state index contributed by atoms with van der Waals surface area (Å²) < 4.78 is 21.5. The summed E-state index contributed by atoms with van der Waals surface area (Å²) in [6.45, 7) is 1.86. The number of nitrogen functional groups attached to an aromatic ring is 1. The van der Waals surface area contributed by atoms with Crippen molar-refractivity contribution < 1.29 is 28.5 Å². The number of rotatable bonds is 9. The third kappa shape index (κ3) is 5.61. The van der Waals surface area contributed by atoms with Crippen LogP contribution in [0.3, 0.4) is 0 Å². The number of ether oxygens (including phenoxy) is 4. The van der Waals surface area contributed by atoms with E-state index in [0.717, 1.165) is 16.9 Å². The van der Waals surface area contributed by atoms with Crippen LogP contribution < -0.4 is 15.2 Å². The van der Waals surface area contributed by atoms with Gasteiger partial charge in [0.15, 0.2) is 11.5 Å². The molecule has 2 N–H and O–H groups in total. The standard InChI is InChI=1S/C24H22N2O6S/c1-3-30-24(28)21-18(17(12-25)22(26)33-21)14-32-23(27)16-9-10-19(20(11-16)29-2)31-13-15-7-5-4-6-8-15/h4-11H,3,13-14,26H2,1-2H3. The molecule has 3 aromatic rings. The van der Waals surface area contributed by atoms with Gasteiger partial charge in [-0.15, -0.1) is 11.3 Å². The van der Waals surface area contributed by atoms with E-state index in [1.54, 1.807) is 19.1 Å². The minimum Gasteiger partial charge on any atom is -0.493 e. The predicted molar refractivity (Wildman–Crippen MR) is 122 cm³/mol. The molecule has 0 saturated carbocycles. The summed E-state index contributed by atoms with van der Waals surface area (Å²) in [7, 11) is 1.47. The van der Waals surface area contributed by atoms with Crippen LogP contribution in [0, 0.1) is 11.3 Å². The molecule has 0 aliphatic heterocycles. The Morgan fingerprint density at radius 1 is 1.03 bits per heavy atom.